The molecule has 5 atom stereocenters. The fourth-order valence-electron chi connectivity index (χ4n) is 5.12. The van der Waals surface area contributed by atoms with Crippen LogP contribution in [0.5, 0.6) is 5.75 Å². The van der Waals surface area contributed by atoms with Crippen LogP contribution in [0.3, 0.4) is 0 Å². The maximum Gasteiger partial charge on any atom is 0.409 e. The van der Waals surface area contributed by atoms with Crippen LogP contribution in [0.25, 0.3) is 0 Å². The van der Waals surface area contributed by atoms with Crippen molar-refractivity contribution in [1.82, 2.24) is 0 Å². The summed E-state index contributed by atoms with van der Waals surface area (Å²) in [6, 6.07) is 14.1. The van der Waals surface area contributed by atoms with Gasteiger partial charge in [0.05, 0.1) is 13.0 Å². The van der Waals surface area contributed by atoms with Gasteiger partial charge < -0.3 is 14.8 Å². The number of ether oxygens (including phenoxy) is 2. The fraction of sp³-hybridized carbons (Fsp3) is 0.536. The average molecular weight is 492 g/mol. The van der Waals surface area contributed by atoms with Gasteiger partial charge in [-0.1, -0.05) is 57.5 Å². The van der Waals surface area contributed by atoms with Crippen molar-refractivity contribution in [2.24, 2.45) is 17.8 Å². The minimum atomic E-state index is -4.64. The lowest BCUT2D eigenvalue weighted by molar-refractivity contribution is -0.179. The number of methoxy groups -OCH3 is 1. The van der Waals surface area contributed by atoms with E-state index >= 15 is 0 Å². The van der Waals surface area contributed by atoms with E-state index in [1.54, 1.807) is 12.1 Å². The van der Waals surface area contributed by atoms with Crippen molar-refractivity contribution in [3.8, 4) is 5.75 Å². The Morgan fingerprint density at radius 3 is 2.23 bits per heavy atom. The Balaban J connectivity index is 1.79. The van der Waals surface area contributed by atoms with E-state index in [4.69, 9.17) is 9.47 Å². The molecule has 4 nitrogen and oxygen atoms in total. The second-order valence-electron chi connectivity index (χ2n) is 10.3. The van der Waals surface area contributed by atoms with Crippen LogP contribution in [-0.4, -0.2) is 31.4 Å². The Hall–Kier alpha value is -2.70. The maximum atomic E-state index is 14.0. The number of alkyl halides is 3. The smallest absolute Gasteiger partial charge is 0.409 e. The van der Waals surface area contributed by atoms with Crippen LogP contribution in [0, 0.1) is 17.8 Å². The summed E-state index contributed by atoms with van der Waals surface area (Å²) in [6.07, 6.45) is -2.60. The molecule has 3 rings (SSSR count). The van der Waals surface area contributed by atoms with E-state index in [0.717, 1.165) is 18.4 Å². The molecule has 0 aromatic heterocycles. The van der Waals surface area contributed by atoms with Crippen LogP contribution < -0.4 is 10.1 Å². The number of carbonyl (C=O) groups excluding carboxylic acids is 1. The largest absolute Gasteiger partial charge is 0.497 e. The summed E-state index contributed by atoms with van der Waals surface area (Å²) >= 11 is 0. The molecule has 1 aliphatic rings. The Labute approximate surface area is 206 Å². The lowest BCUT2D eigenvalue weighted by Crippen LogP contribution is -2.48. The molecule has 0 heterocycles. The molecule has 0 saturated heterocycles. The summed E-state index contributed by atoms with van der Waals surface area (Å²) in [4.78, 5) is 13.1. The first-order valence-electron chi connectivity index (χ1n) is 12.2. The Morgan fingerprint density at radius 1 is 1.03 bits per heavy atom. The molecule has 35 heavy (non-hydrogen) atoms. The van der Waals surface area contributed by atoms with Crippen LogP contribution >= 0.6 is 0 Å². The maximum absolute atomic E-state index is 14.0. The van der Waals surface area contributed by atoms with Gasteiger partial charge >= 0.3 is 12.1 Å². The number of nitrogens with one attached hydrogen (secondary N) is 1. The van der Waals surface area contributed by atoms with Gasteiger partial charge in [0.15, 0.2) is 0 Å². The average Bonchev–Trinajstić information content (AvgIpc) is 2.82. The first kappa shape index (κ1) is 26.9. The molecule has 2 aromatic carbocycles. The van der Waals surface area contributed by atoms with Gasteiger partial charge in [0.1, 0.15) is 17.9 Å². The first-order chi connectivity index (χ1) is 16.4. The topological polar surface area (TPSA) is 47.6 Å². The van der Waals surface area contributed by atoms with Gasteiger partial charge in [-0.25, -0.2) is 0 Å². The van der Waals surface area contributed by atoms with Crippen molar-refractivity contribution in [1.29, 1.82) is 0 Å². The Morgan fingerprint density at radius 2 is 1.66 bits per heavy atom. The minimum absolute atomic E-state index is 0.0103. The van der Waals surface area contributed by atoms with E-state index in [1.165, 1.54) is 26.2 Å². The molecule has 0 bridgehead atoms. The van der Waals surface area contributed by atoms with Crippen molar-refractivity contribution in [2.75, 3.05) is 12.4 Å². The van der Waals surface area contributed by atoms with Crippen LogP contribution in [0.15, 0.2) is 54.6 Å². The fourth-order valence-corrected chi connectivity index (χ4v) is 5.12. The molecule has 1 saturated carbocycles. The van der Waals surface area contributed by atoms with Gasteiger partial charge in [-0.05, 0) is 60.9 Å². The summed E-state index contributed by atoms with van der Waals surface area (Å²) in [5, 5.41) is 2.48. The molecule has 0 aliphatic heterocycles. The lowest BCUT2D eigenvalue weighted by atomic mass is 9.64. The van der Waals surface area contributed by atoms with Crippen molar-refractivity contribution >= 4 is 11.7 Å². The lowest BCUT2D eigenvalue weighted by Gasteiger charge is -2.44. The molecule has 0 amide bonds. The summed E-state index contributed by atoms with van der Waals surface area (Å²) in [5.41, 5.74) is 1.09. The predicted molar refractivity (Wildman–Crippen MR) is 131 cm³/mol. The normalized spacial score (nSPS) is 22.7. The van der Waals surface area contributed by atoms with Crippen molar-refractivity contribution in [2.45, 2.75) is 70.7 Å². The zero-order valence-corrected chi connectivity index (χ0v) is 21.1. The third kappa shape index (κ3) is 6.50. The molecular weight excluding hydrogens is 455 g/mol. The van der Waals surface area contributed by atoms with Crippen LogP contribution in [-0.2, 0) is 14.9 Å². The van der Waals surface area contributed by atoms with Gasteiger partial charge in [0.25, 0.3) is 0 Å². The molecule has 0 radical (unpaired) electrons. The van der Waals surface area contributed by atoms with Gasteiger partial charge in [-0.2, -0.15) is 13.2 Å². The summed E-state index contributed by atoms with van der Waals surface area (Å²) in [5.74, 6) is -1.38. The third-order valence-electron chi connectivity index (χ3n) is 7.40. The summed E-state index contributed by atoms with van der Waals surface area (Å²) in [6.45, 7) is 7.62. The van der Waals surface area contributed by atoms with Crippen LogP contribution in [0.4, 0.5) is 18.9 Å². The third-order valence-corrected chi connectivity index (χ3v) is 7.40. The molecule has 1 N–H and O–H groups in total. The van der Waals surface area contributed by atoms with Gasteiger partial charge in [-0.15, -0.1) is 0 Å². The SMILES string of the molecule is COc1ccc(N[C@@H]([C@@H](C)C(=O)O[C@@H]2C[C@H](C)CC[C@H]2C(C)(C)c2ccccc2)C(F)(F)F)cc1. The van der Waals surface area contributed by atoms with E-state index in [-0.39, 0.29) is 17.0 Å². The molecule has 1 fully saturated rings. The molecule has 1 aliphatic carbocycles. The Bertz CT molecular complexity index is 960. The molecular formula is C28H36F3NO3. The zero-order valence-electron chi connectivity index (χ0n) is 21.1. The number of benzene rings is 2. The predicted octanol–water partition coefficient (Wildman–Crippen LogP) is 7.00. The van der Waals surface area contributed by atoms with Gasteiger partial charge in [0.2, 0.25) is 0 Å². The van der Waals surface area contributed by atoms with Crippen LogP contribution in [0.1, 0.15) is 52.5 Å². The van der Waals surface area contributed by atoms with E-state index in [0.29, 0.717) is 18.1 Å². The number of anilines is 1. The quantitative estimate of drug-likeness (QED) is 0.404. The summed E-state index contributed by atoms with van der Waals surface area (Å²) < 4.78 is 52.9. The van der Waals surface area contributed by atoms with Gasteiger partial charge in [-0.3, -0.25) is 4.79 Å². The Kier molecular flexibility index (Phi) is 8.39. The zero-order chi connectivity index (χ0) is 25.8. The molecule has 0 unspecified atom stereocenters. The number of esters is 1. The monoisotopic (exact) mass is 491 g/mol. The van der Waals surface area contributed by atoms with E-state index in [1.807, 2.05) is 18.2 Å². The number of halogens is 3. The second kappa shape index (κ2) is 10.9. The van der Waals surface area contributed by atoms with Gasteiger partial charge in [0, 0.05) is 11.6 Å². The molecule has 2 aromatic rings. The molecule has 192 valence electrons. The summed E-state index contributed by atoms with van der Waals surface area (Å²) in [7, 11) is 1.48. The van der Waals surface area contributed by atoms with Crippen molar-refractivity contribution in [3.63, 3.8) is 0 Å². The van der Waals surface area contributed by atoms with Crippen LogP contribution in [0.2, 0.25) is 0 Å². The molecule has 0 spiro atoms. The van der Waals surface area contributed by atoms with Crippen molar-refractivity contribution in [3.05, 3.63) is 60.2 Å². The minimum Gasteiger partial charge on any atom is -0.497 e. The highest BCUT2D eigenvalue weighted by Gasteiger charge is 2.48. The highest BCUT2D eigenvalue weighted by Crippen LogP contribution is 2.44. The van der Waals surface area contributed by atoms with E-state index in [2.05, 4.69) is 38.2 Å². The molecule has 7 heteroatoms. The highest BCUT2D eigenvalue weighted by molar-refractivity contribution is 5.74. The van der Waals surface area contributed by atoms with Crippen molar-refractivity contribution < 1.29 is 27.4 Å². The standard InChI is InChI=1S/C28H36F3NO3/c1-18-11-16-23(27(3,4)20-9-7-6-8-10-20)24(17-18)35-26(33)19(2)25(28(29,30)31)32-21-12-14-22(34-5)15-13-21/h6-10,12-15,18-19,23-25,32H,11,16-17H2,1-5H3/t18-,19-,23-,24-,25+/m1/s1. The number of hydrogen-bond acceptors (Lipinski definition) is 4. The van der Waals surface area contributed by atoms with E-state index in [9.17, 15) is 18.0 Å². The highest BCUT2D eigenvalue weighted by atomic mass is 19.4. The second-order valence-corrected chi connectivity index (χ2v) is 10.3. The van der Waals surface area contributed by atoms with E-state index < -0.39 is 30.2 Å². The number of rotatable bonds is 8. The first-order valence-corrected chi connectivity index (χ1v) is 12.2. The number of carbonyl (C=O) groups is 1. The number of hydrogen-bond donors (Lipinski definition) is 1.